The van der Waals surface area contributed by atoms with Crippen molar-refractivity contribution in [2.24, 2.45) is 0 Å². The highest BCUT2D eigenvalue weighted by atomic mass is 16.2. The number of aryl methyl sites for hydroxylation is 1. The van der Waals surface area contributed by atoms with E-state index in [4.69, 9.17) is 0 Å². The van der Waals surface area contributed by atoms with E-state index in [0.717, 1.165) is 23.3 Å². The van der Waals surface area contributed by atoms with E-state index in [2.05, 4.69) is 5.32 Å². The first-order chi connectivity index (χ1) is 11.5. The monoisotopic (exact) mass is 327 g/mol. The summed E-state index contributed by atoms with van der Waals surface area (Å²) in [5.74, 6) is -0.866. The Kier molecular flexibility index (Phi) is 3.64. The van der Waals surface area contributed by atoms with Crippen molar-refractivity contribution < 1.29 is 14.4 Å². The van der Waals surface area contributed by atoms with Crippen LogP contribution >= 0.6 is 0 Å². The minimum Gasteiger partial charge on any atom is -0.340 e. The van der Waals surface area contributed by atoms with E-state index in [1.54, 1.807) is 17.0 Å². The van der Waals surface area contributed by atoms with Crippen LogP contribution in [0.5, 0.6) is 0 Å². The molecule has 3 amide bonds. The molecule has 2 bridgehead atoms. The molecule has 1 N–H and O–H groups in total. The van der Waals surface area contributed by atoms with E-state index in [0.29, 0.717) is 36.3 Å². The second-order valence-corrected chi connectivity index (χ2v) is 7.01. The average molecular weight is 327 g/mol. The molecular formula is C18H21N3O3. The summed E-state index contributed by atoms with van der Waals surface area (Å²) in [5.41, 5.74) is 1.73. The number of carbonyl (C=O) groups excluding carboxylic acids is 3. The third-order valence-corrected chi connectivity index (χ3v) is 5.30. The molecule has 4 rings (SSSR count). The van der Waals surface area contributed by atoms with Crippen molar-refractivity contribution in [2.45, 2.75) is 38.3 Å². The van der Waals surface area contributed by atoms with Crippen LogP contribution in [0, 0.1) is 6.92 Å². The van der Waals surface area contributed by atoms with Gasteiger partial charge in [-0.15, -0.1) is 0 Å². The third kappa shape index (κ3) is 2.51. The van der Waals surface area contributed by atoms with Gasteiger partial charge in [-0.05, 0) is 38.3 Å². The lowest BCUT2D eigenvalue weighted by Gasteiger charge is -2.26. The van der Waals surface area contributed by atoms with Gasteiger partial charge in [-0.2, -0.15) is 0 Å². The molecule has 3 aliphatic rings. The SMILES string of the molecule is Cc1ccc2c(c1)C(=O)N(CC(=O)N1CCC3CCC(C1)N3)C2=O. The highest BCUT2D eigenvalue weighted by Crippen LogP contribution is 2.25. The molecule has 2 saturated heterocycles. The van der Waals surface area contributed by atoms with Gasteiger partial charge in [0.15, 0.2) is 0 Å². The normalized spacial score (nSPS) is 25.9. The number of likely N-dealkylation sites (tertiary alicyclic amines) is 1. The third-order valence-electron chi connectivity index (χ3n) is 5.30. The Morgan fingerprint density at radius 1 is 1.12 bits per heavy atom. The molecule has 0 aromatic heterocycles. The number of hydrogen-bond acceptors (Lipinski definition) is 4. The fourth-order valence-electron chi connectivity index (χ4n) is 3.95. The molecule has 2 atom stereocenters. The zero-order valence-electron chi connectivity index (χ0n) is 13.7. The van der Waals surface area contributed by atoms with Gasteiger partial charge in [-0.3, -0.25) is 19.3 Å². The van der Waals surface area contributed by atoms with Crippen LogP contribution in [-0.4, -0.2) is 59.2 Å². The van der Waals surface area contributed by atoms with Crippen molar-refractivity contribution in [1.29, 1.82) is 0 Å². The predicted octanol–water partition coefficient (Wildman–Crippen LogP) is 0.944. The van der Waals surface area contributed by atoms with Gasteiger partial charge in [-0.1, -0.05) is 11.6 Å². The maximum Gasteiger partial charge on any atom is 0.262 e. The first-order valence-corrected chi connectivity index (χ1v) is 8.53. The van der Waals surface area contributed by atoms with Crippen LogP contribution in [0.2, 0.25) is 0 Å². The minimum atomic E-state index is -0.363. The van der Waals surface area contributed by atoms with E-state index in [9.17, 15) is 14.4 Å². The van der Waals surface area contributed by atoms with Crippen molar-refractivity contribution in [3.8, 4) is 0 Å². The van der Waals surface area contributed by atoms with Crippen molar-refractivity contribution in [2.75, 3.05) is 19.6 Å². The number of fused-ring (bicyclic) bond motifs is 3. The van der Waals surface area contributed by atoms with Gasteiger partial charge in [0.05, 0.1) is 11.1 Å². The van der Waals surface area contributed by atoms with Crippen LogP contribution in [0.4, 0.5) is 0 Å². The van der Waals surface area contributed by atoms with Crippen molar-refractivity contribution in [3.63, 3.8) is 0 Å². The summed E-state index contributed by atoms with van der Waals surface area (Å²) in [6.07, 6.45) is 3.19. The molecule has 2 fully saturated rings. The van der Waals surface area contributed by atoms with Gasteiger partial charge < -0.3 is 10.2 Å². The molecule has 24 heavy (non-hydrogen) atoms. The minimum absolute atomic E-state index is 0.143. The molecule has 126 valence electrons. The largest absolute Gasteiger partial charge is 0.340 e. The molecule has 0 saturated carbocycles. The van der Waals surface area contributed by atoms with Gasteiger partial charge in [0.25, 0.3) is 11.8 Å². The number of imide groups is 1. The van der Waals surface area contributed by atoms with Gasteiger partial charge >= 0.3 is 0 Å². The zero-order valence-corrected chi connectivity index (χ0v) is 13.7. The van der Waals surface area contributed by atoms with Crippen LogP contribution in [-0.2, 0) is 4.79 Å². The van der Waals surface area contributed by atoms with Gasteiger partial charge in [0.2, 0.25) is 5.91 Å². The Hall–Kier alpha value is -2.21. The van der Waals surface area contributed by atoms with Gasteiger partial charge in [0, 0.05) is 25.2 Å². The molecule has 3 heterocycles. The maximum atomic E-state index is 12.6. The topological polar surface area (TPSA) is 69.7 Å². The molecule has 0 aliphatic carbocycles. The maximum absolute atomic E-state index is 12.6. The summed E-state index contributed by atoms with van der Waals surface area (Å²) >= 11 is 0. The summed E-state index contributed by atoms with van der Waals surface area (Å²) in [6.45, 7) is 3.07. The molecule has 6 heteroatoms. The van der Waals surface area contributed by atoms with Crippen molar-refractivity contribution in [1.82, 2.24) is 15.1 Å². The zero-order chi connectivity index (χ0) is 16.8. The van der Waals surface area contributed by atoms with Gasteiger partial charge in [0.1, 0.15) is 6.54 Å². The first kappa shape index (κ1) is 15.3. The molecule has 0 radical (unpaired) electrons. The number of nitrogens with zero attached hydrogens (tertiary/aromatic N) is 2. The van der Waals surface area contributed by atoms with Gasteiger partial charge in [-0.25, -0.2) is 0 Å². The molecule has 1 aromatic carbocycles. The summed E-state index contributed by atoms with van der Waals surface area (Å²) in [6, 6.07) is 6.03. The lowest BCUT2D eigenvalue weighted by molar-refractivity contribution is -0.131. The highest BCUT2D eigenvalue weighted by molar-refractivity contribution is 6.22. The lowest BCUT2D eigenvalue weighted by Crippen LogP contribution is -2.45. The number of amides is 3. The molecule has 2 unspecified atom stereocenters. The Labute approximate surface area is 140 Å². The molecule has 1 aromatic rings. The molecule has 6 nitrogen and oxygen atoms in total. The Morgan fingerprint density at radius 3 is 2.71 bits per heavy atom. The van der Waals surface area contributed by atoms with E-state index in [1.165, 1.54) is 6.42 Å². The first-order valence-electron chi connectivity index (χ1n) is 8.53. The number of benzene rings is 1. The van der Waals surface area contributed by atoms with E-state index in [1.807, 2.05) is 13.0 Å². The molecule has 3 aliphatic heterocycles. The highest BCUT2D eigenvalue weighted by Gasteiger charge is 2.38. The summed E-state index contributed by atoms with van der Waals surface area (Å²) < 4.78 is 0. The number of carbonyl (C=O) groups is 3. The fourth-order valence-corrected chi connectivity index (χ4v) is 3.95. The second-order valence-electron chi connectivity index (χ2n) is 7.01. The average Bonchev–Trinajstić information content (AvgIpc) is 2.99. The van der Waals surface area contributed by atoms with Crippen molar-refractivity contribution >= 4 is 17.7 Å². The smallest absolute Gasteiger partial charge is 0.262 e. The summed E-state index contributed by atoms with van der Waals surface area (Å²) in [4.78, 5) is 40.5. The quantitative estimate of drug-likeness (QED) is 0.821. The van der Waals surface area contributed by atoms with E-state index in [-0.39, 0.29) is 24.3 Å². The molecular weight excluding hydrogens is 306 g/mol. The summed E-state index contributed by atoms with van der Waals surface area (Å²) in [7, 11) is 0. The second kappa shape index (κ2) is 5.70. The van der Waals surface area contributed by atoms with Crippen LogP contribution < -0.4 is 5.32 Å². The number of hydrogen-bond donors (Lipinski definition) is 1. The lowest BCUT2D eigenvalue weighted by atomic mass is 10.1. The van der Waals surface area contributed by atoms with Crippen LogP contribution in [0.25, 0.3) is 0 Å². The standard InChI is InChI=1S/C18H21N3O3/c1-11-2-5-14-15(8-11)18(24)21(17(14)23)10-16(22)20-7-6-12-3-4-13(9-20)19-12/h2,5,8,12-13,19H,3-4,6-7,9-10H2,1H3. The molecule has 0 spiro atoms. The Bertz CT molecular complexity index is 730. The van der Waals surface area contributed by atoms with Crippen LogP contribution in [0.3, 0.4) is 0 Å². The predicted molar refractivity (Wildman–Crippen MR) is 87.7 cm³/mol. The summed E-state index contributed by atoms with van der Waals surface area (Å²) in [5, 5.41) is 3.53. The van der Waals surface area contributed by atoms with E-state index >= 15 is 0 Å². The van der Waals surface area contributed by atoms with Crippen LogP contribution in [0.15, 0.2) is 18.2 Å². The number of nitrogens with one attached hydrogen (secondary N) is 1. The fraction of sp³-hybridized carbons (Fsp3) is 0.500. The number of rotatable bonds is 2. The Morgan fingerprint density at radius 2 is 1.88 bits per heavy atom. The van der Waals surface area contributed by atoms with E-state index < -0.39 is 0 Å². The van der Waals surface area contributed by atoms with Crippen LogP contribution in [0.1, 0.15) is 45.5 Å². The van der Waals surface area contributed by atoms with Crippen molar-refractivity contribution in [3.05, 3.63) is 34.9 Å². The Balaban J connectivity index is 1.48.